The van der Waals surface area contributed by atoms with E-state index in [4.69, 9.17) is 8.94 Å². The zero-order valence-corrected chi connectivity index (χ0v) is 12.4. The van der Waals surface area contributed by atoms with Crippen LogP contribution in [-0.4, -0.2) is 20.3 Å². The van der Waals surface area contributed by atoms with E-state index in [9.17, 15) is 0 Å². The molecule has 1 aliphatic carbocycles. The van der Waals surface area contributed by atoms with Crippen LogP contribution in [0.3, 0.4) is 0 Å². The summed E-state index contributed by atoms with van der Waals surface area (Å²) in [5.41, 5.74) is 1.75. The second-order valence-corrected chi connectivity index (χ2v) is 5.76. The van der Waals surface area contributed by atoms with Crippen LogP contribution in [0.25, 0.3) is 23.5 Å². The quantitative estimate of drug-likeness (QED) is 0.794. The number of nitrogens with zero attached hydrogens (tertiary/aromatic N) is 3. The summed E-state index contributed by atoms with van der Waals surface area (Å²) in [7, 11) is 0. The van der Waals surface area contributed by atoms with Crippen LogP contribution in [0.1, 0.15) is 42.4 Å². The number of hydrogen-bond acceptors (Lipinski definition) is 5. The number of aryl methyl sites for hydroxylation is 1. The fourth-order valence-electron chi connectivity index (χ4n) is 2.52. The van der Waals surface area contributed by atoms with Crippen LogP contribution >= 0.6 is 0 Å². The van der Waals surface area contributed by atoms with Crippen LogP contribution in [0.5, 0.6) is 0 Å². The molecule has 3 aromatic rings. The topological polar surface area (TPSA) is 80.7 Å². The third-order valence-corrected chi connectivity index (χ3v) is 4.03. The average molecular weight is 296 g/mol. The molecule has 0 aromatic carbocycles. The largest absolute Gasteiger partial charge is 0.461 e. The molecule has 4 rings (SSSR count). The van der Waals surface area contributed by atoms with Crippen molar-refractivity contribution in [1.82, 2.24) is 20.3 Å². The van der Waals surface area contributed by atoms with Crippen molar-refractivity contribution in [3.05, 3.63) is 41.4 Å². The van der Waals surface area contributed by atoms with Crippen LogP contribution in [0.15, 0.2) is 27.3 Å². The highest BCUT2D eigenvalue weighted by molar-refractivity contribution is 5.65. The maximum absolute atomic E-state index is 5.81. The van der Waals surface area contributed by atoms with Gasteiger partial charge in [0.2, 0.25) is 5.82 Å². The second-order valence-electron chi connectivity index (χ2n) is 5.76. The van der Waals surface area contributed by atoms with Gasteiger partial charge in [-0.05, 0) is 37.5 Å². The van der Waals surface area contributed by atoms with E-state index in [-0.39, 0.29) is 0 Å². The number of aromatic amines is 1. The maximum Gasteiger partial charge on any atom is 0.251 e. The van der Waals surface area contributed by atoms with Crippen molar-refractivity contribution >= 4 is 12.2 Å². The molecular weight excluding hydrogens is 280 g/mol. The lowest BCUT2D eigenvalue weighted by molar-refractivity contribution is 0.411. The molecule has 6 heteroatoms. The number of aromatic nitrogens is 4. The van der Waals surface area contributed by atoms with Crippen molar-refractivity contribution < 1.29 is 8.94 Å². The summed E-state index contributed by atoms with van der Waals surface area (Å²) in [5.74, 6) is 4.15. The minimum Gasteiger partial charge on any atom is -0.461 e. The Balaban J connectivity index is 1.50. The molecule has 1 N–H and O–H groups in total. The molecule has 2 atom stereocenters. The molecule has 0 saturated heterocycles. The van der Waals surface area contributed by atoms with Gasteiger partial charge >= 0.3 is 0 Å². The molecule has 6 nitrogen and oxygen atoms in total. The van der Waals surface area contributed by atoms with Crippen LogP contribution in [0.4, 0.5) is 0 Å². The number of rotatable bonds is 4. The fraction of sp³-hybridized carbons (Fsp3) is 0.312. The van der Waals surface area contributed by atoms with E-state index in [1.54, 1.807) is 12.3 Å². The van der Waals surface area contributed by atoms with Gasteiger partial charge < -0.3 is 8.94 Å². The maximum atomic E-state index is 5.81. The molecule has 0 spiro atoms. The molecule has 2 unspecified atom stereocenters. The summed E-state index contributed by atoms with van der Waals surface area (Å²) in [6.45, 7) is 4.15. The molecule has 0 bridgehead atoms. The van der Waals surface area contributed by atoms with E-state index >= 15 is 0 Å². The lowest BCUT2D eigenvalue weighted by Gasteiger charge is -1.89. The lowest BCUT2D eigenvalue weighted by Crippen LogP contribution is -1.81. The van der Waals surface area contributed by atoms with Gasteiger partial charge in [-0.15, -0.1) is 0 Å². The number of nitrogens with one attached hydrogen (secondary N) is 1. The zero-order valence-electron chi connectivity index (χ0n) is 12.4. The molecule has 3 heterocycles. The van der Waals surface area contributed by atoms with E-state index in [1.165, 1.54) is 6.42 Å². The third-order valence-electron chi connectivity index (χ3n) is 4.03. The molecule has 0 radical (unpaired) electrons. The summed E-state index contributed by atoms with van der Waals surface area (Å²) in [4.78, 5) is 4.33. The summed E-state index contributed by atoms with van der Waals surface area (Å²) < 4.78 is 11.0. The molecule has 1 aliphatic rings. The number of hydrogen-bond donors (Lipinski definition) is 1. The van der Waals surface area contributed by atoms with Crippen molar-refractivity contribution in [2.24, 2.45) is 5.92 Å². The van der Waals surface area contributed by atoms with Gasteiger partial charge in [-0.3, -0.25) is 5.10 Å². The van der Waals surface area contributed by atoms with Gasteiger partial charge in [0.05, 0.1) is 11.8 Å². The molecule has 0 aliphatic heterocycles. The fourth-order valence-corrected chi connectivity index (χ4v) is 2.52. The Morgan fingerprint density at radius 3 is 2.91 bits per heavy atom. The van der Waals surface area contributed by atoms with Crippen LogP contribution in [0, 0.1) is 12.8 Å². The number of H-pyrrole nitrogens is 1. The molecular formula is C16H16N4O2. The van der Waals surface area contributed by atoms with Crippen molar-refractivity contribution in [2.45, 2.75) is 26.2 Å². The Hall–Kier alpha value is -2.63. The smallest absolute Gasteiger partial charge is 0.251 e. The van der Waals surface area contributed by atoms with E-state index in [0.717, 1.165) is 28.7 Å². The first kappa shape index (κ1) is 13.1. The highest BCUT2D eigenvalue weighted by Gasteiger charge is 2.36. The third kappa shape index (κ3) is 2.36. The molecule has 0 amide bonds. The van der Waals surface area contributed by atoms with Crippen LogP contribution < -0.4 is 0 Å². The van der Waals surface area contributed by atoms with Gasteiger partial charge in [0.25, 0.3) is 5.89 Å². The molecule has 1 fully saturated rings. The highest BCUT2D eigenvalue weighted by Crippen LogP contribution is 2.47. The Morgan fingerprint density at radius 1 is 1.32 bits per heavy atom. The van der Waals surface area contributed by atoms with E-state index < -0.39 is 0 Å². The van der Waals surface area contributed by atoms with Gasteiger partial charge in [0.1, 0.15) is 11.5 Å². The zero-order chi connectivity index (χ0) is 15.1. The van der Waals surface area contributed by atoms with E-state index in [1.807, 2.05) is 25.1 Å². The van der Waals surface area contributed by atoms with E-state index in [2.05, 4.69) is 27.3 Å². The molecule has 112 valence electrons. The van der Waals surface area contributed by atoms with E-state index in [0.29, 0.717) is 17.6 Å². The minimum absolute atomic E-state index is 0.438. The van der Waals surface area contributed by atoms with Gasteiger partial charge in [0.15, 0.2) is 0 Å². The first-order valence-electron chi connectivity index (χ1n) is 7.32. The van der Waals surface area contributed by atoms with Crippen LogP contribution in [0.2, 0.25) is 0 Å². The summed E-state index contributed by atoms with van der Waals surface area (Å²) >= 11 is 0. The Labute approximate surface area is 127 Å². The lowest BCUT2D eigenvalue weighted by atomic mass is 10.2. The van der Waals surface area contributed by atoms with Crippen molar-refractivity contribution in [1.29, 1.82) is 0 Å². The van der Waals surface area contributed by atoms with Crippen LogP contribution in [-0.2, 0) is 0 Å². The van der Waals surface area contributed by atoms with Crippen molar-refractivity contribution in [3.8, 4) is 11.4 Å². The molecule has 22 heavy (non-hydrogen) atoms. The highest BCUT2D eigenvalue weighted by atomic mass is 16.5. The predicted molar refractivity (Wildman–Crippen MR) is 80.8 cm³/mol. The predicted octanol–water partition coefficient (Wildman–Crippen LogP) is 3.65. The number of furan rings is 1. The van der Waals surface area contributed by atoms with Crippen molar-refractivity contribution in [2.75, 3.05) is 0 Å². The Morgan fingerprint density at radius 2 is 2.18 bits per heavy atom. The minimum atomic E-state index is 0.438. The second kappa shape index (κ2) is 4.98. The average Bonchev–Trinajstić information content (AvgIpc) is 2.98. The van der Waals surface area contributed by atoms with Gasteiger partial charge in [-0.1, -0.05) is 12.1 Å². The van der Waals surface area contributed by atoms with Gasteiger partial charge in [-0.2, -0.15) is 10.1 Å². The normalized spacial score (nSPS) is 20.8. The summed E-state index contributed by atoms with van der Waals surface area (Å²) in [6.07, 6.45) is 6.50. The monoisotopic (exact) mass is 296 g/mol. The van der Waals surface area contributed by atoms with Gasteiger partial charge in [-0.25, -0.2) is 0 Å². The standard InChI is InChI=1S/C16H16N4O2/c1-9-7-12(9)14-5-3-11(21-14)4-6-15-18-16(20-22-15)13-8-17-19-10(13)2/h3-6,8-9,12H,7H2,1-2H3,(H,17,19)/b6-4+. The van der Waals surface area contributed by atoms with Gasteiger partial charge in [0, 0.05) is 17.7 Å². The summed E-state index contributed by atoms with van der Waals surface area (Å²) in [5, 5.41) is 10.8. The molecule has 3 aromatic heterocycles. The first-order chi connectivity index (χ1) is 10.7. The molecule has 1 saturated carbocycles. The SMILES string of the molecule is Cc1[nH]ncc1-c1noc(/C=C/c2ccc(C3CC3C)o2)n1. The summed E-state index contributed by atoms with van der Waals surface area (Å²) in [6, 6.07) is 4.01. The van der Waals surface area contributed by atoms with Crippen molar-refractivity contribution in [3.63, 3.8) is 0 Å². The Kier molecular flexibility index (Phi) is 2.96. The Bertz CT molecular complexity index is 827. The first-order valence-corrected chi connectivity index (χ1v) is 7.32.